The summed E-state index contributed by atoms with van der Waals surface area (Å²) in [6, 6.07) is 5.81. The lowest BCUT2D eigenvalue weighted by atomic mass is 10.1. The topological polar surface area (TPSA) is 129 Å². The largest absolute Gasteiger partial charge is 0.490 e. The molecule has 0 aliphatic carbocycles. The van der Waals surface area contributed by atoms with Crippen LogP contribution in [-0.4, -0.2) is 88.3 Å². The summed E-state index contributed by atoms with van der Waals surface area (Å²) in [6.45, 7) is 5.38. The molecule has 2 fully saturated rings. The van der Waals surface area contributed by atoms with E-state index < -0.39 is 24.3 Å². The van der Waals surface area contributed by atoms with Gasteiger partial charge in [0.1, 0.15) is 5.76 Å². The van der Waals surface area contributed by atoms with E-state index in [1.54, 1.807) is 18.7 Å². The van der Waals surface area contributed by atoms with E-state index in [-0.39, 0.29) is 0 Å². The molecule has 16 heteroatoms. The number of carboxylic acid groups (broad SMARTS) is 2. The number of aromatic nitrogens is 2. The number of aliphatic carboxylic acids is 2. The second kappa shape index (κ2) is 12.5. The van der Waals surface area contributed by atoms with E-state index in [0.717, 1.165) is 51.0 Å². The Labute approximate surface area is 200 Å². The number of carbonyl (C=O) groups is 2. The number of halogens is 6. The average Bonchev–Trinajstić information content (AvgIpc) is 3.39. The molecule has 200 valence electrons. The normalized spacial score (nSPS) is 20.2. The first-order valence-corrected chi connectivity index (χ1v) is 10.3. The van der Waals surface area contributed by atoms with Crippen molar-refractivity contribution in [1.29, 1.82) is 0 Å². The van der Waals surface area contributed by atoms with E-state index in [0.29, 0.717) is 12.0 Å². The van der Waals surface area contributed by atoms with Gasteiger partial charge in [0, 0.05) is 44.5 Å². The number of furan rings is 1. The van der Waals surface area contributed by atoms with Crippen molar-refractivity contribution in [2.24, 2.45) is 5.92 Å². The average molecular weight is 528 g/mol. The highest BCUT2D eigenvalue weighted by atomic mass is 19.4. The molecular formula is C20H22F6N4O6. The van der Waals surface area contributed by atoms with Gasteiger partial charge in [0.15, 0.2) is 0 Å². The minimum absolute atomic E-state index is 0.295. The van der Waals surface area contributed by atoms with Gasteiger partial charge in [-0.3, -0.25) is 4.90 Å². The molecule has 2 N–H and O–H groups in total. The second-order valence-electron chi connectivity index (χ2n) is 7.54. The summed E-state index contributed by atoms with van der Waals surface area (Å²) in [5, 5.41) is 14.2. The summed E-state index contributed by atoms with van der Waals surface area (Å²) in [7, 11) is 0. The van der Waals surface area contributed by atoms with Gasteiger partial charge in [-0.25, -0.2) is 19.6 Å². The molecule has 0 aromatic carbocycles. The predicted molar refractivity (Wildman–Crippen MR) is 109 cm³/mol. The van der Waals surface area contributed by atoms with E-state index in [1.165, 1.54) is 0 Å². The molecule has 0 bridgehead atoms. The van der Waals surface area contributed by atoms with Crippen molar-refractivity contribution in [3.8, 4) is 0 Å². The SMILES string of the molecule is O=C(O)C(F)(F)F.O=C(O)C(F)(F)F.c1cnc(N2CCO[C@@H]3CN(Cc4ccco4)C[C@@H]3C2)nc1. The zero-order valence-electron chi connectivity index (χ0n) is 18.4. The lowest BCUT2D eigenvalue weighted by molar-refractivity contribution is -0.193. The molecule has 2 aliphatic heterocycles. The zero-order chi connectivity index (χ0) is 26.9. The summed E-state index contributed by atoms with van der Waals surface area (Å²) in [6.07, 6.45) is -4.55. The molecule has 0 amide bonds. The van der Waals surface area contributed by atoms with E-state index in [1.807, 2.05) is 18.2 Å². The lowest BCUT2D eigenvalue weighted by Crippen LogP contribution is -2.33. The third-order valence-corrected chi connectivity index (χ3v) is 4.88. The summed E-state index contributed by atoms with van der Waals surface area (Å²) < 4.78 is 75.0. The van der Waals surface area contributed by atoms with Crippen LogP contribution in [0.15, 0.2) is 41.3 Å². The van der Waals surface area contributed by atoms with Gasteiger partial charge in [-0.05, 0) is 18.2 Å². The fraction of sp³-hybridized carbons (Fsp3) is 0.500. The van der Waals surface area contributed by atoms with Gasteiger partial charge < -0.3 is 24.3 Å². The van der Waals surface area contributed by atoms with Gasteiger partial charge in [-0.15, -0.1) is 0 Å². The van der Waals surface area contributed by atoms with Crippen LogP contribution in [0.3, 0.4) is 0 Å². The molecule has 36 heavy (non-hydrogen) atoms. The number of anilines is 1. The van der Waals surface area contributed by atoms with E-state index >= 15 is 0 Å². The fourth-order valence-electron chi connectivity index (χ4n) is 3.37. The number of ether oxygens (including phenoxy) is 1. The maximum Gasteiger partial charge on any atom is 0.490 e. The van der Waals surface area contributed by atoms with E-state index in [9.17, 15) is 26.3 Å². The van der Waals surface area contributed by atoms with Crippen molar-refractivity contribution in [1.82, 2.24) is 14.9 Å². The summed E-state index contributed by atoms with van der Waals surface area (Å²) in [5.74, 6) is -3.21. The van der Waals surface area contributed by atoms with Crippen molar-refractivity contribution in [3.05, 3.63) is 42.6 Å². The summed E-state index contributed by atoms with van der Waals surface area (Å²) in [5.41, 5.74) is 0. The Kier molecular flexibility index (Phi) is 10.0. The quantitative estimate of drug-likeness (QED) is 0.574. The molecule has 10 nitrogen and oxygen atoms in total. The lowest BCUT2D eigenvalue weighted by Gasteiger charge is -2.23. The number of fused-ring (bicyclic) bond motifs is 1. The molecule has 4 heterocycles. The number of rotatable bonds is 3. The van der Waals surface area contributed by atoms with Crippen LogP contribution in [0.4, 0.5) is 32.3 Å². The van der Waals surface area contributed by atoms with Gasteiger partial charge in [0.05, 0.1) is 25.5 Å². The molecule has 2 saturated heterocycles. The van der Waals surface area contributed by atoms with Gasteiger partial charge in [0.25, 0.3) is 0 Å². The zero-order valence-corrected chi connectivity index (χ0v) is 18.4. The molecule has 0 unspecified atom stereocenters. The van der Waals surface area contributed by atoms with Crippen LogP contribution in [0, 0.1) is 5.92 Å². The number of alkyl halides is 6. The van der Waals surface area contributed by atoms with Crippen molar-refractivity contribution in [3.63, 3.8) is 0 Å². The van der Waals surface area contributed by atoms with Crippen LogP contribution in [0.2, 0.25) is 0 Å². The summed E-state index contributed by atoms with van der Waals surface area (Å²) in [4.78, 5) is 31.2. The van der Waals surface area contributed by atoms with Crippen molar-refractivity contribution in [2.75, 3.05) is 37.7 Å². The fourth-order valence-corrected chi connectivity index (χ4v) is 3.37. The van der Waals surface area contributed by atoms with Crippen LogP contribution < -0.4 is 4.90 Å². The molecule has 0 saturated carbocycles. The van der Waals surface area contributed by atoms with Crippen LogP contribution in [-0.2, 0) is 20.9 Å². The third-order valence-electron chi connectivity index (χ3n) is 4.88. The first kappa shape index (κ1) is 28.8. The number of hydrogen-bond acceptors (Lipinski definition) is 8. The molecular weight excluding hydrogens is 506 g/mol. The van der Waals surface area contributed by atoms with Crippen molar-refractivity contribution < 1.29 is 55.3 Å². The minimum atomic E-state index is -5.08. The number of carboxylic acids is 2. The van der Waals surface area contributed by atoms with Crippen molar-refractivity contribution in [2.45, 2.75) is 25.0 Å². The van der Waals surface area contributed by atoms with E-state index in [2.05, 4.69) is 19.8 Å². The smallest absolute Gasteiger partial charge is 0.475 e. The summed E-state index contributed by atoms with van der Waals surface area (Å²) >= 11 is 0. The molecule has 0 radical (unpaired) electrons. The van der Waals surface area contributed by atoms with Crippen LogP contribution >= 0.6 is 0 Å². The highest BCUT2D eigenvalue weighted by molar-refractivity contribution is 5.73. The Balaban J connectivity index is 0.000000271. The first-order valence-electron chi connectivity index (χ1n) is 10.3. The molecule has 2 aromatic rings. The van der Waals surface area contributed by atoms with Gasteiger partial charge in [0.2, 0.25) is 5.95 Å². The van der Waals surface area contributed by atoms with E-state index in [4.69, 9.17) is 29.0 Å². The highest BCUT2D eigenvalue weighted by Crippen LogP contribution is 2.26. The Morgan fingerprint density at radius 2 is 1.56 bits per heavy atom. The van der Waals surface area contributed by atoms with Crippen LogP contribution in [0.1, 0.15) is 5.76 Å². The molecule has 2 aromatic heterocycles. The maximum absolute atomic E-state index is 10.6. The maximum atomic E-state index is 10.6. The third kappa shape index (κ3) is 9.33. The first-order chi connectivity index (χ1) is 16.8. The minimum Gasteiger partial charge on any atom is -0.475 e. The Hall–Kier alpha value is -3.40. The Morgan fingerprint density at radius 1 is 0.972 bits per heavy atom. The molecule has 2 atom stereocenters. The Morgan fingerprint density at radius 3 is 2.06 bits per heavy atom. The number of nitrogens with zero attached hydrogens (tertiary/aromatic N) is 4. The van der Waals surface area contributed by atoms with Gasteiger partial charge in [-0.2, -0.15) is 26.3 Å². The molecule has 2 aliphatic rings. The van der Waals surface area contributed by atoms with Gasteiger partial charge >= 0.3 is 24.3 Å². The predicted octanol–water partition coefficient (Wildman–Crippen LogP) is 2.67. The second-order valence-corrected chi connectivity index (χ2v) is 7.54. The van der Waals surface area contributed by atoms with Crippen LogP contribution in [0.5, 0.6) is 0 Å². The van der Waals surface area contributed by atoms with Crippen molar-refractivity contribution >= 4 is 17.9 Å². The van der Waals surface area contributed by atoms with Gasteiger partial charge in [-0.1, -0.05) is 0 Å². The van der Waals surface area contributed by atoms with Crippen LogP contribution in [0.25, 0.3) is 0 Å². The Bertz CT molecular complexity index is 934. The standard InChI is InChI=1S/C16H20N4O2.2C2HF3O2/c1-3-14(21-7-1)11-19-9-13-10-20(6-8-22-15(13)12-19)16-17-4-2-5-18-16;2*3-2(4,5)1(6)7/h1-5,7,13,15H,6,8-12H2;2*(H,6,7)/t13-,15-;;/m1../s1. The molecule has 4 rings (SSSR count). The number of likely N-dealkylation sites (tertiary alicyclic amines) is 1. The molecule has 0 spiro atoms. The monoisotopic (exact) mass is 528 g/mol. The number of hydrogen-bond donors (Lipinski definition) is 2. The highest BCUT2D eigenvalue weighted by Gasteiger charge is 2.39.